The van der Waals surface area contributed by atoms with Gasteiger partial charge in [0.15, 0.2) is 0 Å². The fourth-order valence-corrected chi connectivity index (χ4v) is 2.23. The molecule has 1 aromatic rings. The van der Waals surface area contributed by atoms with Crippen LogP contribution >= 0.6 is 0 Å². The van der Waals surface area contributed by atoms with E-state index in [9.17, 15) is 14.0 Å². The Labute approximate surface area is 128 Å². The molecule has 2 amide bonds. The molecule has 0 atom stereocenters. The summed E-state index contributed by atoms with van der Waals surface area (Å²) >= 11 is 0. The number of halogens is 1. The Morgan fingerprint density at radius 1 is 1.18 bits per heavy atom. The van der Waals surface area contributed by atoms with Crippen LogP contribution in [0.25, 0.3) is 6.08 Å². The molecule has 0 aliphatic carbocycles. The van der Waals surface area contributed by atoms with E-state index in [2.05, 4.69) is 0 Å². The van der Waals surface area contributed by atoms with Crippen molar-refractivity contribution in [1.29, 1.82) is 5.26 Å². The molecule has 0 bridgehead atoms. The number of benzene rings is 1. The highest BCUT2D eigenvalue weighted by Gasteiger charge is 2.22. The summed E-state index contributed by atoms with van der Waals surface area (Å²) in [5, 5.41) is 8.51. The minimum absolute atomic E-state index is 0.138. The van der Waals surface area contributed by atoms with Crippen LogP contribution in [-0.4, -0.2) is 47.8 Å². The molecule has 6 heteroatoms. The number of amides is 2. The molecule has 1 fully saturated rings. The van der Waals surface area contributed by atoms with Crippen LogP contribution in [0, 0.1) is 17.1 Å². The monoisotopic (exact) mass is 301 g/mol. The molecule has 1 aliphatic heterocycles. The number of carbonyl (C=O) groups is 2. The van der Waals surface area contributed by atoms with Crippen LogP contribution in [-0.2, 0) is 9.59 Å². The van der Waals surface area contributed by atoms with E-state index >= 15 is 0 Å². The van der Waals surface area contributed by atoms with Crippen LogP contribution < -0.4 is 0 Å². The second kappa shape index (κ2) is 7.36. The lowest BCUT2D eigenvalue weighted by Crippen LogP contribution is -2.50. The zero-order chi connectivity index (χ0) is 15.9. The molecule has 5 nitrogen and oxygen atoms in total. The molecule has 0 saturated carbocycles. The fourth-order valence-electron chi connectivity index (χ4n) is 2.23. The number of hydrogen-bond donors (Lipinski definition) is 0. The zero-order valence-corrected chi connectivity index (χ0v) is 12.0. The SMILES string of the molecule is N#CCC(=O)N1CCN(C(=O)/C=C/c2ccccc2F)CC1. The van der Waals surface area contributed by atoms with Gasteiger partial charge in [-0.25, -0.2) is 4.39 Å². The number of nitrogens with zero attached hydrogens (tertiary/aromatic N) is 3. The fraction of sp³-hybridized carbons (Fsp3) is 0.312. The van der Waals surface area contributed by atoms with Gasteiger partial charge < -0.3 is 9.80 Å². The lowest BCUT2D eigenvalue weighted by Gasteiger charge is -2.33. The standard InChI is InChI=1S/C16H16FN3O2/c17-14-4-2-1-3-13(14)5-6-15(21)19-9-11-20(12-10-19)16(22)7-8-18/h1-6H,7,9-12H2/b6-5+. The molecule has 2 rings (SSSR count). The Balaban J connectivity index is 1.89. The first kappa shape index (κ1) is 15.7. The Morgan fingerprint density at radius 2 is 1.82 bits per heavy atom. The summed E-state index contributed by atoms with van der Waals surface area (Å²) in [5.74, 6) is -0.800. The van der Waals surface area contributed by atoms with Gasteiger partial charge in [0.25, 0.3) is 0 Å². The molecule has 1 saturated heterocycles. The maximum atomic E-state index is 13.4. The van der Waals surface area contributed by atoms with Gasteiger partial charge in [0, 0.05) is 37.8 Å². The van der Waals surface area contributed by atoms with Crippen molar-refractivity contribution in [3.8, 4) is 6.07 Å². The van der Waals surface area contributed by atoms with Crippen molar-refractivity contribution in [2.45, 2.75) is 6.42 Å². The van der Waals surface area contributed by atoms with Crippen LogP contribution in [0.2, 0.25) is 0 Å². The molecule has 0 aromatic heterocycles. The van der Waals surface area contributed by atoms with E-state index in [1.54, 1.807) is 28.0 Å². The van der Waals surface area contributed by atoms with Crippen molar-refractivity contribution in [2.24, 2.45) is 0 Å². The van der Waals surface area contributed by atoms with E-state index in [-0.39, 0.29) is 24.1 Å². The molecule has 0 spiro atoms. The molecule has 0 N–H and O–H groups in total. The van der Waals surface area contributed by atoms with Gasteiger partial charge in [-0.2, -0.15) is 5.26 Å². The highest BCUT2D eigenvalue weighted by molar-refractivity contribution is 5.92. The molecular formula is C16H16FN3O2. The zero-order valence-electron chi connectivity index (χ0n) is 12.0. The second-order valence-electron chi connectivity index (χ2n) is 4.90. The Hall–Kier alpha value is -2.68. The minimum Gasteiger partial charge on any atom is -0.338 e. The third-order valence-electron chi connectivity index (χ3n) is 3.49. The summed E-state index contributed by atoms with van der Waals surface area (Å²) in [6.45, 7) is 1.66. The maximum Gasteiger partial charge on any atom is 0.246 e. The quantitative estimate of drug-likeness (QED) is 0.793. The Kier molecular flexibility index (Phi) is 5.26. The van der Waals surface area contributed by atoms with Gasteiger partial charge in [-0.3, -0.25) is 9.59 Å². The van der Waals surface area contributed by atoms with Crippen molar-refractivity contribution in [3.05, 3.63) is 41.7 Å². The maximum absolute atomic E-state index is 13.4. The number of piperazine rings is 1. The van der Waals surface area contributed by atoms with Crippen LogP contribution in [0.15, 0.2) is 30.3 Å². The summed E-state index contributed by atoms with van der Waals surface area (Å²) in [4.78, 5) is 26.8. The van der Waals surface area contributed by atoms with Crippen LogP contribution in [0.3, 0.4) is 0 Å². The molecule has 114 valence electrons. The van der Waals surface area contributed by atoms with Gasteiger partial charge in [0.1, 0.15) is 12.2 Å². The van der Waals surface area contributed by atoms with Crippen LogP contribution in [0.4, 0.5) is 4.39 Å². The first-order valence-electron chi connectivity index (χ1n) is 6.98. The second-order valence-corrected chi connectivity index (χ2v) is 4.90. The summed E-state index contributed by atoms with van der Waals surface area (Å²) in [6.07, 6.45) is 2.65. The predicted octanol–water partition coefficient (Wildman–Crippen LogP) is 1.42. The number of rotatable bonds is 3. The average molecular weight is 301 g/mol. The molecule has 0 unspecified atom stereocenters. The van der Waals surface area contributed by atoms with E-state index in [4.69, 9.17) is 5.26 Å². The summed E-state index contributed by atoms with van der Waals surface area (Å²) in [7, 11) is 0. The van der Waals surface area contributed by atoms with E-state index < -0.39 is 0 Å². The molecule has 1 aliphatic rings. The predicted molar refractivity (Wildman–Crippen MR) is 78.8 cm³/mol. The first-order valence-corrected chi connectivity index (χ1v) is 6.98. The highest BCUT2D eigenvalue weighted by Crippen LogP contribution is 2.10. The molecule has 1 aromatic carbocycles. The topological polar surface area (TPSA) is 64.4 Å². The molecule has 0 radical (unpaired) electrons. The lowest BCUT2D eigenvalue weighted by molar-refractivity contribution is -0.136. The third-order valence-corrected chi connectivity index (χ3v) is 3.49. The van der Waals surface area contributed by atoms with Gasteiger partial charge in [0.2, 0.25) is 11.8 Å². The van der Waals surface area contributed by atoms with Gasteiger partial charge in [-0.1, -0.05) is 18.2 Å². The van der Waals surface area contributed by atoms with Crippen molar-refractivity contribution in [3.63, 3.8) is 0 Å². The Bertz CT molecular complexity index is 629. The summed E-state index contributed by atoms with van der Waals surface area (Å²) in [6, 6.07) is 8.05. The highest BCUT2D eigenvalue weighted by atomic mass is 19.1. The first-order chi connectivity index (χ1) is 10.6. The lowest BCUT2D eigenvalue weighted by atomic mass is 10.2. The van der Waals surface area contributed by atoms with Crippen molar-refractivity contribution in [1.82, 2.24) is 9.80 Å². The Morgan fingerprint density at radius 3 is 2.45 bits per heavy atom. The molecular weight excluding hydrogens is 285 g/mol. The normalized spacial score (nSPS) is 14.9. The molecule has 1 heterocycles. The number of nitriles is 1. The third kappa shape index (κ3) is 3.92. The smallest absolute Gasteiger partial charge is 0.246 e. The summed E-state index contributed by atoms with van der Waals surface area (Å²) < 4.78 is 13.4. The van der Waals surface area contributed by atoms with Crippen LogP contribution in [0.1, 0.15) is 12.0 Å². The number of carbonyl (C=O) groups excluding carboxylic acids is 2. The number of hydrogen-bond acceptors (Lipinski definition) is 3. The molecule has 22 heavy (non-hydrogen) atoms. The van der Waals surface area contributed by atoms with Gasteiger partial charge in [-0.15, -0.1) is 0 Å². The van der Waals surface area contributed by atoms with Crippen molar-refractivity contribution >= 4 is 17.9 Å². The van der Waals surface area contributed by atoms with E-state index in [0.717, 1.165) is 0 Å². The minimum atomic E-state index is -0.376. The average Bonchev–Trinajstić information content (AvgIpc) is 2.54. The van der Waals surface area contributed by atoms with Gasteiger partial charge >= 0.3 is 0 Å². The van der Waals surface area contributed by atoms with E-state index in [0.29, 0.717) is 31.7 Å². The van der Waals surface area contributed by atoms with E-state index in [1.807, 2.05) is 6.07 Å². The van der Waals surface area contributed by atoms with Gasteiger partial charge in [0.05, 0.1) is 6.07 Å². The summed E-state index contributed by atoms with van der Waals surface area (Å²) in [5.41, 5.74) is 0.360. The van der Waals surface area contributed by atoms with Crippen LogP contribution in [0.5, 0.6) is 0 Å². The largest absolute Gasteiger partial charge is 0.338 e. The van der Waals surface area contributed by atoms with Gasteiger partial charge in [-0.05, 0) is 12.1 Å². The van der Waals surface area contributed by atoms with E-state index in [1.165, 1.54) is 18.2 Å². The van der Waals surface area contributed by atoms with Crippen molar-refractivity contribution < 1.29 is 14.0 Å². The van der Waals surface area contributed by atoms with Crippen molar-refractivity contribution in [2.75, 3.05) is 26.2 Å².